The number of hydrogen-bond donors (Lipinski definition) is 2. The van der Waals surface area contributed by atoms with Crippen LogP contribution in [0.1, 0.15) is 36.7 Å². The summed E-state index contributed by atoms with van der Waals surface area (Å²) >= 11 is 0. The number of hydrogen-bond acceptors (Lipinski definition) is 3. The van der Waals surface area contributed by atoms with Crippen molar-refractivity contribution < 1.29 is 0 Å². The number of likely N-dealkylation sites (tertiary alicyclic amines) is 1. The highest BCUT2D eigenvalue weighted by atomic mass is 16.1. The van der Waals surface area contributed by atoms with Crippen LogP contribution >= 0.6 is 0 Å². The number of rotatable bonds is 3. The van der Waals surface area contributed by atoms with Gasteiger partial charge in [0.1, 0.15) is 5.82 Å². The van der Waals surface area contributed by atoms with E-state index in [1.54, 1.807) is 0 Å². The number of nitrogens with zero attached hydrogens (tertiary/aromatic N) is 2. The van der Waals surface area contributed by atoms with E-state index in [1.165, 1.54) is 24.8 Å². The van der Waals surface area contributed by atoms with E-state index in [0.717, 1.165) is 6.54 Å². The molecule has 1 aromatic carbocycles. The molecule has 0 amide bonds. The molecule has 0 bridgehead atoms. The highest BCUT2D eigenvalue weighted by Crippen LogP contribution is 2.31. The molecule has 1 aromatic heterocycles. The fraction of sp³-hybridized carbons (Fsp3) is 0.429. The van der Waals surface area contributed by atoms with Crippen LogP contribution in [0.25, 0.3) is 0 Å². The summed E-state index contributed by atoms with van der Waals surface area (Å²) in [6.45, 7) is 1.74. The smallest absolute Gasteiger partial charge is 0.292 e. The van der Waals surface area contributed by atoms with Crippen LogP contribution in [0.4, 0.5) is 0 Å². The van der Waals surface area contributed by atoms with Crippen LogP contribution in [0, 0.1) is 0 Å². The Balaban J connectivity index is 1.79. The molecule has 5 heteroatoms. The number of nitrogens with one attached hydrogen (secondary N) is 2. The molecule has 100 valence electrons. The predicted octanol–water partition coefficient (Wildman–Crippen LogP) is 1.83. The minimum Gasteiger partial charge on any atom is -0.292 e. The average Bonchev–Trinajstić information content (AvgIpc) is 2.86. The highest BCUT2D eigenvalue weighted by molar-refractivity contribution is 5.19. The van der Waals surface area contributed by atoms with Crippen molar-refractivity contribution >= 4 is 0 Å². The Morgan fingerprint density at radius 3 is 2.84 bits per heavy atom. The van der Waals surface area contributed by atoms with Gasteiger partial charge in [0.2, 0.25) is 0 Å². The maximum atomic E-state index is 11.1. The molecule has 1 unspecified atom stereocenters. The second kappa shape index (κ2) is 5.40. The van der Waals surface area contributed by atoms with E-state index in [2.05, 4.69) is 44.3 Å². The molecular formula is C14H18N4O. The fourth-order valence-corrected chi connectivity index (χ4v) is 2.81. The van der Waals surface area contributed by atoms with Crippen molar-refractivity contribution in [3.8, 4) is 0 Å². The zero-order valence-electron chi connectivity index (χ0n) is 10.8. The third kappa shape index (κ3) is 2.76. The van der Waals surface area contributed by atoms with Crippen LogP contribution in [-0.4, -0.2) is 26.6 Å². The molecule has 1 aliphatic rings. The van der Waals surface area contributed by atoms with Gasteiger partial charge in [-0.2, -0.15) is 5.10 Å². The van der Waals surface area contributed by atoms with Gasteiger partial charge in [-0.1, -0.05) is 36.8 Å². The van der Waals surface area contributed by atoms with E-state index in [-0.39, 0.29) is 5.69 Å². The zero-order valence-corrected chi connectivity index (χ0v) is 10.8. The monoisotopic (exact) mass is 258 g/mol. The van der Waals surface area contributed by atoms with Crippen LogP contribution in [0.5, 0.6) is 0 Å². The van der Waals surface area contributed by atoms with Crippen molar-refractivity contribution in [1.82, 2.24) is 20.1 Å². The van der Waals surface area contributed by atoms with E-state index >= 15 is 0 Å². The number of piperidine rings is 1. The summed E-state index contributed by atoms with van der Waals surface area (Å²) in [6.07, 6.45) is 3.63. The van der Waals surface area contributed by atoms with Gasteiger partial charge in [0.15, 0.2) is 0 Å². The molecule has 2 heterocycles. The van der Waals surface area contributed by atoms with Crippen molar-refractivity contribution in [1.29, 1.82) is 0 Å². The van der Waals surface area contributed by atoms with E-state index < -0.39 is 0 Å². The summed E-state index contributed by atoms with van der Waals surface area (Å²) < 4.78 is 0. The van der Waals surface area contributed by atoms with Gasteiger partial charge in [0, 0.05) is 6.04 Å². The van der Waals surface area contributed by atoms with Crippen molar-refractivity contribution in [2.24, 2.45) is 0 Å². The van der Waals surface area contributed by atoms with E-state index in [1.807, 2.05) is 6.07 Å². The maximum Gasteiger partial charge on any atom is 0.340 e. The second-order valence-corrected chi connectivity index (χ2v) is 5.02. The molecule has 1 fully saturated rings. The molecule has 1 aliphatic heterocycles. The second-order valence-electron chi connectivity index (χ2n) is 5.02. The molecular weight excluding hydrogens is 240 g/mol. The molecule has 1 saturated heterocycles. The lowest BCUT2D eigenvalue weighted by Crippen LogP contribution is -2.33. The predicted molar refractivity (Wildman–Crippen MR) is 72.7 cm³/mol. The number of aromatic nitrogens is 3. The molecule has 0 saturated carbocycles. The molecule has 5 nitrogen and oxygen atoms in total. The minimum absolute atomic E-state index is 0.233. The van der Waals surface area contributed by atoms with Gasteiger partial charge >= 0.3 is 5.69 Å². The number of benzene rings is 1. The van der Waals surface area contributed by atoms with Crippen LogP contribution in [0.3, 0.4) is 0 Å². The van der Waals surface area contributed by atoms with Gasteiger partial charge in [-0.3, -0.25) is 9.88 Å². The Labute approximate surface area is 111 Å². The largest absolute Gasteiger partial charge is 0.340 e. The third-order valence-electron chi connectivity index (χ3n) is 3.70. The van der Waals surface area contributed by atoms with Gasteiger partial charge in [-0.05, 0) is 24.9 Å². The summed E-state index contributed by atoms with van der Waals surface area (Å²) in [7, 11) is 0. The summed E-state index contributed by atoms with van der Waals surface area (Å²) in [4.78, 5) is 16.2. The first kappa shape index (κ1) is 12.2. The molecule has 3 rings (SSSR count). The molecule has 2 N–H and O–H groups in total. The fourth-order valence-electron chi connectivity index (χ4n) is 2.81. The molecule has 0 aliphatic carbocycles. The van der Waals surface area contributed by atoms with Gasteiger partial charge in [0.05, 0.1) is 6.54 Å². The van der Waals surface area contributed by atoms with Crippen LogP contribution < -0.4 is 5.69 Å². The molecule has 0 spiro atoms. The number of H-pyrrole nitrogens is 2. The first-order valence-corrected chi connectivity index (χ1v) is 6.75. The van der Waals surface area contributed by atoms with Crippen molar-refractivity contribution in [3.05, 3.63) is 52.2 Å². The maximum absolute atomic E-state index is 11.1. The Morgan fingerprint density at radius 2 is 2.11 bits per heavy atom. The quantitative estimate of drug-likeness (QED) is 0.882. The first-order chi connectivity index (χ1) is 9.33. The van der Waals surface area contributed by atoms with E-state index in [9.17, 15) is 4.79 Å². The van der Waals surface area contributed by atoms with Crippen LogP contribution in [0.15, 0.2) is 35.1 Å². The SMILES string of the molecule is O=c1[nH]nc(CN2CCCCC2c2ccccc2)[nH]1. The van der Waals surface area contributed by atoms with Crippen LogP contribution in [-0.2, 0) is 6.54 Å². The Kier molecular flexibility index (Phi) is 3.46. The van der Waals surface area contributed by atoms with Crippen molar-refractivity contribution in [2.45, 2.75) is 31.8 Å². The molecule has 0 radical (unpaired) electrons. The average molecular weight is 258 g/mol. The number of aromatic amines is 2. The minimum atomic E-state index is -0.233. The van der Waals surface area contributed by atoms with Gasteiger partial charge in [-0.25, -0.2) is 9.89 Å². The van der Waals surface area contributed by atoms with Gasteiger partial charge in [0.25, 0.3) is 0 Å². The Morgan fingerprint density at radius 1 is 1.26 bits per heavy atom. The van der Waals surface area contributed by atoms with Crippen LogP contribution in [0.2, 0.25) is 0 Å². The van der Waals surface area contributed by atoms with Gasteiger partial charge in [-0.15, -0.1) is 0 Å². The topological polar surface area (TPSA) is 64.8 Å². The Bertz CT molecular complexity index is 574. The lowest BCUT2D eigenvalue weighted by Gasteiger charge is -2.35. The lowest BCUT2D eigenvalue weighted by atomic mass is 9.95. The third-order valence-corrected chi connectivity index (χ3v) is 3.70. The summed E-state index contributed by atoms with van der Waals surface area (Å²) in [5.74, 6) is 0.716. The normalized spacial score (nSPS) is 20.5. The molecule has 1 atom stereocenters. The summed E-state index contributed by atoms with van der Waals surface area (Å²) in [5.41, 5.74) is 1.11. The first-order valence-electron chi connectivity index (χ1n) is 6.75. The molecule has 19 heavy (non-hydrogen) atoms. The van der Waals surface area contributed by atoms with E-state index in [0.29, 0.717) is 18.4 Å². The highest BCUT2D eigenvalue weighted by Gasteiger charge is 2.24. The van der Waals surface area contributed by atoms with E-state index in [4.69, 9.17) is 0 Å². The zero-order chi connectivity index (χ0) is 13.1. The summed E-state index contributed by atoms with van der Waals surface area (Å²) in [5, 5.41) is 6.43. The lowest BCUT2D eigenvalue weighted by molar-refractivity contribution is 0.137. The standard InChI is InChI=1S/C14H18N4O/c19-14-15-13(16-17-14)10-18-9-5-4-8-12(18)11-6-2-1-3-7-11/h1-3,6-7,12H,4-5,8-10H2,(H2,15,16,17,19). The van der Waals surface area contributed by atoms with Gasteiger partial charge < -0.3 is 0 Å². The summed E-state index contributed by atoms with van der Waals surface area (Å²) in [6, 6.07) is 11.0. The Hall–Kier alpha value is -1.88. The molecule has 2 aromatic rings. The van der Waals surface area contributed by atoms with Crippen molar-refractivity contribution in [3.63, 3.8) is 0 Å². The van der Waals surface area contributed by atoms with Crippen molar-refractivity contribution in [2.75, 3.05) is 6.54 Å².